The quantitative estimate of drug-likeness (QED) is 0.141. The fraction of sp³-hybridized carbons (Fsp3) is 0.104. The maximum Gasteiger partial charge on any atom is 0.140 e. The Hall–Kier alpha value is -7.97. The molecule has 0 N–H and O–H groups in total. The smallest absolute Gasteiger partial charge is 0.140 e. The Morgan fingerprint density at radius 2 is 0.764 bits per heavy atom. The molecule has 3 nitrogen and oxygen atoms in total. The number of benzene rings is 11. The summed E-state index contributed by atoms with van der Waals surface area (Å²) < 4.78 is 7.50. The van der Waals surface area contributed by atoms with Gasteiger partial charge in [0.25, 0.3) is 0 Å². The first kappa shape index (κ1) is 44.0. The van der Waals surface area contributed by atoms with Crippen LogP contribution in [0.3, 0.4) is 0 Å². The summed E-state index contributed by atoms with van der Waals surface area (Å²) in [7, 11) is -3.13. The molecule has 0 bridgehead atoms. The molecule has 5 heteroatoms. The third kappa shape index (κ3) is 6.82. The van der Waals surface area contributed by atoms with Gasteiger partial charge in [-0.15, -0.1) is 0 Å². The van der Waals surface area contributed by atoms with Crippen LogP contribution in [0.1, 0.15) is 22.3 Å². The first-order valence-corrected chi connectivity index (χ1v) is 32.3. The highest BCUT2D eigenvalue weighted by Crippen LogP contribution is 2.66. The third-order valence-electron chi connectivity index (χ3n) is 15.4. The lowest BCUT2D eigenvalue weighted by atomic mass is 9.65. The van der Waals surface area contributed by atoms with Crippen molar-refractivity contribution in [3.63, 3.8) is 0 Å². The number of fused-ring (bicyclic) bond motifs is 15. The minimum Gasteiger partial charge on any atom is -0.455 e. The number of anilines is 6. The van der Waals surface area contributed by atoms with Crippen LogP contribution >= 0.6 is 0 Å². The minimum atomic E-state index is -1.58. The van der Waals surface area contributed by atoms with Crippen molar-refractivity contribution >= 4 is 93.0 Å². The predicted octanol–water partition coefficient (Wildman–Crippen LogP) is 17.6. The molecular formula is C67H56N2OSi2. The Morgan fingerprint density at radius 3 is 1.29 bits per heavy atom. The van der Waals surface area contributed by atoms with Crippen LogP contribution in [0.15, 0.2) is 231 Å². The summed E-state index contributed by atoms with van der Waals surface area (Å²) in [6.45, 7) is 14.5. The summed E-state index contributed by atoms with van der Waals surface area (Å²) in [6, 6.07) is 86.3. The molecule has 0 amide bonds. The second-order valence-electron chi connectivity index (χ2n) is 21.7. The summed E-state index contributed by atoms with van der Waals surface area (Å²) in [5.74, 6) is 1.80. The van der Waals surface area contributed by atoms with Gasteiger partial charge in [-0.25, -0.2) is 0 Å². The molecular weight excluding hydrogens is 905 g/mol. The Kier molecular flexibility index (Phi) is 10.1. The van der Waals surface area contributed by atoms with Crippen LogP contribution in [-0.2, 0) is 5.41 Å². The van der Waals surface area contributed by atoms with Crippen LogP contribution in [0.5, 0.6) is 11.5 Å². The molecule has 0 fully saturated rings. The molecule has 13 rings (SSSR count). The van der Waals surface area contributed by atoms with Gasteiger partial charge in [0.05, 0.1) is 27.3 Å². The van der Waals surface area contributed by atoms with Crippen LogP contribution in [0.2, 0.25) is 39.3 Å². The minimum absolute atomic E-state index is 0.815. The molecule has 11 aromatic rings. The van der Waals surface area contributed by atoms with Gasteiger partial charge < -0.3 is 14.5 Å². The molecule has 0 saturated carbocycles. The molecule has 72 heavy (non-hydrogen) atoms. The van der Waals surface area contributed by atoms with Crippen LogP contribution in [0.25, 0.3) is 43.4 Å². The van der Waals surface area contributed by atoms with Crippen molar-refractivity contribution in [2.24, 2.45) is 0 Å². The van der Waals surface area contributed by atoms with E-state index in [9.17, 15) is 0 Å². The zero-order chi connectivity index (χ0) is 48.9. The van der Waals surface area contributed by atoms with Gasteiger partial charge in [0, 0.05) is 55.7 Å². The van der Waals surface area contributed by atoms with Gasteiger partial charge in [-0.1, -0.05) is 213 Å². The number of para-hydroxylation sites is 2. The first-order chi connectivity index (χ1) is 35.0. The van der Waals surface area contributed by atoms with Crippen LogP contribution in [-0.4, -0.2) is 16.1 Å². The zero-order valence-corrected chi connectivity index (χ0v) is 43.7. The Morgan fingerprint density at radius 1 is 0.333 bits per heavy atom. The molecule has 2 aliphatic rings. The Bertz CT molecular complexity index is 3830. The molecule has 0 radical (unpaired) electrons. The average molecular weight is 961 g/mol. The van der Waals surface area contributed by atoms with E-state index in [0.717, 1.165) is 78.3 Å². The summed E-state index contributed by atoms with van der Waals surface area (Å²) in [4.78, 5) is 4.93. The molecule has 1 heterocycles. The molecule has 0 atom stereocenters. The monoisotopic (exact) mass is 960 g/mol. The molecule has 1 spiro atoms. The zero-order valence-electron chi connectivity index (χ0n) is 41.7. The molecule has 0 unspecified atom stereocenters. The molecule has 0 aromatic heterocycles. The molecule has 1 aliphatic heterocycles. The first-order valence-electron chi connectivity index (χ1n) is 25.3. The highest BCUT2D eigenvalue weighted by molar-refractivity contribution is 6.89. The summed E-state index contributed by atoms with van der Waals surface area (Å²) >= 11 is 0. The molecule has 11 aromatic carbocycles. The van der Waals surface area contributed by atoms with Gasteiger partial charge in [0.2, 0.25) is 0 Å². The lowest BCUT2D eigenvalue weighted by molar-refractivity contribution is 0.447. The average Bonchev–Trinajstić information content (AvgIpc) is 3.70. The fourth-order valence-corrected chi connectivity index (χ4v) is 14.2. The van der Waals surface area contributed by atoms with Crippen LogP contribution in [0, 0.1) is 0 Å². The third-order valence-corrected chi connectivity index (χ3v) is 19.5. The predicted molar refractivity (Wildman–Crippen MR) is 312 cm³/mol. The molecule has 0 saturated heterocycles. The lowest BCUT2D eigenvalue weighted by Crippen LogP contribution is -2.37. The van der Waals surface area contributed by atoms with Crippen molar-refractivity contribution in [1.29, 1.82) is 0 Å². The number of rotatable bonds is 8. The SMILES string of the molecule is C[Si](C)(C)c1ccc(N(c2ccccc2)c2ccc3c(c2)C2(c4ccc5ccccc5c4Oc4c2ccc2ccccc42)c2cc(N(c4ccccc4)c4ccc([Si](C)(C)C)cc4)c4ccccc4c2-3)cc1. The molecule has 1 aliphatic carbocycles. The van der Waals surface area contributed by atoms with Crippen molar-refractivity contribution in [2.45, 2.75) is 44.7 Å². The van der Waals surface area contributed by atoms with E-state index >= 15 is 0 Å². The van der Waals surface area contributed by atoms with Crippen molar-refractivity contribution in [1.82, 2.24) is 0 Å². The van der Waals surface area contributed by atoms with E-state index in [2.05, 4.69) is 280 Å². The second kappa shape index (κ2) is 16.6. The molecule has 348 valence electrons. The van der Waals surface area contributed by atoms with Crippen molar-refractivity contribution in [3.8, 4) is 22.6 Å². The standard InChI is InChI=1S/C67H56N2OSi2/c1-71(2,3)52-36-31-49(32-37-52)68(47-21-9-7-10-22-47)51-35-40-58-61(43-51)67(59-41-29-45-19-13-15-25-54(45)65(59)70-66-55-26-16-14-20-46(55)30-42-60(66)67)62-44-63(56-27-17-18-28-57(56)64(58)62)69(48-23-11-8-12-24-48)50-33-38-53(39-34-50)72(4,5)6/h7-44H,1-6H3. The van der Waals surface area contributed by atoms with E-state index in [4.69, 9.17) is 4.74 Å². The largest absolute Gasteiger partial charge is 0.455 e. The number of ether oxygens (including phenoxy) is 1. The second-order valence-corrected chi connectivity index (χ2v) is 31.9. The number of nitrogens with zero attached hydrogens (tertiary/aromatic N) is 2. The maximum absolute atomic E-state index is 7.50. The van der Waals surface area contributed by atoms with Crippen LogP contribution < -0.4 is 24.9 Å². The van der Waals surface area contributed by atoms with Gasteiger partial charge in [-0.05, 0) is 105 Å². The van der Waals surface area contributed by atoms with E-state index in [1.54, 1.807) is 0 Å². The van der Waals surface area contributed by atoms with E-state index in [1.165, 1.54) is 43.4 Å². The number of hydrogen-bond donors (Lipinski definition) is 0. The van der Waals surface area contributed by atoms with E-state index < -0.39 is 21.6 Å². The van der Waals surface area contributed by atoms with Crippen molar-refractivity contribution in [3.05, 3.63) is 253 Å². The van der Waals surface area contributed by atoms with E-state index in [0.29, 0.717) is 0 Å². The fourth-order valence-electron chi connectivity index (χ4n) is 11.8. The van der Waals surface area contributed by atoms with Crippen LogP contribution in [0.4, 0.5) is 34.1 Å². The van der Waals surface area contributed by atoms with E-state index in [-0.39, 0.29) is 0 Å². The van der Waals surface area contributed by atoms with Gasteiger partial charge >= 0.3 is 0 Å². The normalized spacial score (nSPS) is 13.4. The highest BCUT2D eigenvalue weighted by atomic mass is 28.3. The Balaban J connectivity index is 1.17. The highest BCUT2D eigenvalue weighted by Gasteiger charge is 2.53. The van der Waals surface area contributed by atoms with Gasteiger partial charge in [0.15, 0.2) is 0 Å². The lowest BCUT2D eigenvalue weighted by Gasteiger charge is -2.41. The topological polar surface area (TPSA) is 15.7 Å². The Labute approximate surface area is 425 Å². The summed E-state index contributed by atoms with van der Waals surface area (Å²) in [5, 5.41) is 9.79. The van der Waals surface area contributed by atoms with E-state index in [1.807, 2.05) is 0 Å². The van der Waals surface area contributed by atoms with Crippen molar-refractivity contribution in [2.75, 3.05) is 9.80 Å². The van der Waals surface area contributed by atoms with Gasteiger partial charge in [-0.2, -0.15) is 0 Å². The summed E-state index contributed by atoms with van der Waals surface area (Å²) in [6.07, 6.45) is 0. The maximum atomic E-state index is 7.50. The number of hydrogen-bond acceptors (Lipinski definition) is 3. The van der Waals surface area contributed by atoms with Gasteiger partial charge in [0.1, 0.15) is 11.5 Å². The summed E-state index contributed by atoms with van der Waals surface area (Å²) in [5.41, 5.74) is 13.1. The van der Waals surface area contributed by atoms with Crippen molar-refractivity contribution < 1.29 is 4.74 Å². The van der Waals surface area contributed by atoms with Gasteiger partial charge in [-0.3, -0.25) is 0 Å².